The maximum absolute atomic E-state index is 12.2. The molecule has 3 nitrogen and oxygen atoms in total. The van der Waals surface area contributed by atoms with Gasteiger partial charge in [0.15, 0.2) is 0 Å². The van der Waals surface area contributed by atoms with Gasteiger partial charge in [-0.15, -0.1) is 0 Å². The van der Waals surface area contributed by atoms with E-state index in [1.165, 1.54) is 0 Å². The van der Waals surface area contributed by atoms with E-state index in [4.69, 9.17) is 0 Å². The van der Waals surface area contributed by atoms with E-state index in [-0.39, 0.29) is 12.6 Å². The second-order valence-electron chi connectivity index (χ2n) is 5.45. The Kier molecular flexibility index (Phi) is 5.64. The summed E-state index contributed by atoms with van der Waals surface area (Å²) < 4.78 is 36.7. The predicted octanol–water partition coefficient (Wildman–Crippen LogP) is 3.15. The van der Waals surface area contributed by atoms with Gasteiger partial charge in [-0.25, -0.2) is 0 Å². The molecule has 6 heteroatoms. The molecule has 3 atom stereocenters. The first-order chi connectivity index (χ1) is 8.74. The lowest BCUT2D eigenvalue weighted by molar-refractivity contribution is -0.148. The third kappa shape index (κ3) is 5.01. The van der Waals surface area contributed by atoms with Crippen LogP contribution < -0.4 is 0 Å². The van der Waals surface area contributed by atoms with Crippen molar-refractivity contribution in [2.75, 3.05) is 13.6 Å². The second kappa shape index (κ2) is 6.59. The van der Waals surface area contributed by atoms with Gasteiger partial charge in [-0.1, -0.05) is 13.3 Å². The molecule has 0 aromatic rings. The minimum Gasteiger partial charge on any atom is -0.481 e. The molecule has 0 spiro atoms. The highest BCUT2D eigenvalue weighted by molar-refractivity contribution is 5.71. The Bertz CT molecular complexity index is 307. The smallest absolute Gasteiger partial charge is 0.390 e. The maximum Gasteiger partial charge on any atom is 0.390 e. The van der Waals surface area contributed by atoms with Crippen LogP contribution in [0.5, 0.6) is 0 Å². The van der Waals surface area contributed by atoms with E-state index in [1.807, 2.05) is 6.92 Å². The summed E-state index contributed by atoms with van der Waals surface area (Å²) in [5.74, 6) is -1.01. The van der Waals surface area contributed by atoms with E-state index < -0.39 is 24.5 Å². The fourth-order valence-corrected chi connectivity index (χ4v) is 2.85. The number of hydrogen-bond donors (Lipinski definition) is 1. The molecule has 1 aliphatic carbocycles. The molecule has 3 unspecified atom stereocenters. The molecule has 0 aromatic heterocycles. The molecule has 0 amide bonds. The van der Waals surface area contributed by atoms with E-state index in [9.17, 15) is 23.1 Å². The van der Waals surface area contributed by atoms with Crippen LogP contribution in [0.1, 0.15) is 39.0 Å². The van der Waals surface area contributed by atoms with Gasteiger partial charge in [0.2, 0.25) is 0 Å². The van der Waals surface area contributed by atoms with E-state index in [2.05, 4.69) is 0 Å². The highest BCUT2D eigenvalue weighted by Gasteiger charge is 2.38. The van der Waals surface area contributed by atoms with Crippen LogP contribution in [0.3, 0.4) is 0 Å². The molecule has 1 rings (SSSR count). The number of carboxylic acids is 1. The average molecular weight is 281 g/mol. The molecule has 0 aliphatic heterocycles. The van der Waals surface area contributed by atoms with Crippen LogP contribution in [-0.4, -0.2) is 41.8 Å². The number of carboxylic acid groups (broad SMARTS) is 1. The van der Waals surface area contributed by atoms with Crippen molar-refractivity contribution in [3.05, 3.63) is 0 Å². The first-order valence-electron chi connectivity index (χ1n) is 6.74. The van der Waals surface area contributed by atoms with Gasteiger partial charge in [0, 0.05) is 12.6 Å². The van der Waals surface area contributed by atoms with Gasteiger partial charge < -0.3 is 10.0 Å². The summed E-state index contributed by atoms with van der Waals surface area (Å²) in [6.45, 7) is 1.91. The summed E-state index contributed by atoms with van der Waals surface area (Å²) in [6, 6.07) is -0.279. The van der Waals surface area contributed by atoms with Crippen LogP contribution in [0, 0.1) is 11.8 Å². The Balaban J connectivity index is 2.64. The highest BCUT2D eigenvalue weighted by Crippen LogP contribution is 2.34. The average Bonchev–Trinajstić information content (AvgIpc) is 2.34. The molecule has 0 heterocycles. The Morgan fingerprint density at radius 2 is 2.00 bits per heavy atom. The van der Waals surface area contributed by atoms with Gasteiger partial charge in [-0.05, 0) is 32.2 Å². The largest absolute Gasteiger partial charge is 0.481 e. The molecule has 0 bridgehead atoms. The second-order valence-corrected chi connectivity index (χ2v) is 5.45. The minimum absolute atomic E-state index is 0.131. The number of hydrogen-bond acceptors (Lipinski definition) is 2. The lowest BCUT2D eigenvalue weighted by Crippen LogP contribution is -2.46. The Hall–Kier alpha value is -0.780. The van der Waals surface area contributed by atoms with Gasteiger partial charge in [0.05, 0.1) is 12.3 Å². The third-order valence-electron chi connectivity index (χ3n) is 4.13. The van der Waals surface area contributed by atoms with Crippen LogP contribution in [-0.2, 0) is 4.79 Å². The van der Waals surface area contributed by atoms with Crippen molar-refractivity contribution in [2.45, 2.75) is 51.2 Å². The molecular formula is C13H22F3NO2. The zero-order valence-corrected chi connectivity index (χ0v) is 11.4. The fourth-order valence-electron chi connectivity index (χ4n) is 2.85. The summed E-state index contributed by atoms with van der Waals surface area (Å²) in [7, 11) is 1.60. The lowest BCUT2D eigenvalue weighted by Gasteiger charge is -2.39. The number of carbonyl (C=O) groups is 1. The molecular weight excluding hydrogens is 259 g/mol. The maximum atomic E-state index is 12.2. The van der Waals surface area contributed by atoms with Crippen LogP contribution >= 0.6 is 0 Å². The summed E-state index contributed by atoms with van der Waals surface area (Å²) in [5.41, 5.74) is 0. The number of alkyl halides is 3. The molecule has 0 aromatic carbocycles. The number of halogens is 3. The Morgan fingerprint density at radius 3 is 2.47 bits per heavy atom. The number of rotatable bonds is 5. The predicted molar refractivity (Wildman–Crippen MR) is 65.8 cm³/mol. The number of aliphatic carboxylic acids is 1. The van der Waals surface area contributed by atoms with Gasteiger partial charge in [0.25, 0.3) is 0 Å². The minimum atomic E-state index is -4.19. The van der Waals surface area contributed by atoms with Crippen molar-refractivity contribution in [1.29, 1.82) is 0 Å². The first-order valence-corrected chi connectivity index (χ1v) is 6.74. The summed E-state index contributed by atoms with van der Waals surface area (Å²) in [4.78, 5) is 12.8. The topological polar surface area (TPSA) is 40.5 Å². The monoisotopic (exact) mass is 281 g/mol. The highest BCUT2D eigenvalue weighted by atomic mass is 19.4. The van der Waals surface area contributed by atoms with Crippen LogP contribution in [0.25, 0.3) is 0 Å². The van der Waals surface area contributed by atoms with Crippen molar-refractivity contribution in [3.8, 4) is 0 Å². The van der Waals surface area contributed by atoms with E-state index in [0.717, 1.165) is 12.8 Å². The molecule has 112 valence electrons. The van der Waals surface area contributed by atoms with Crippen molar-refractivity contribution < 1.29 is 23.1 Å². The molecule has 1 N–H and O–H groups in total. The zero-order chi connectivity index (χ0) is 14.6. The van der Waals surface area contributed by atoms with Crippen molar-refractivity contribution >= 4 is 5.97 Å². The zero-order valence-electron chi connectivity index (χ0n) is 11.4. The molecule has 1 aliphatic rings. The van der Waals surface area contributed by atoms with E-state index in [0.29, 0.717) is 18.8 Å². The SMILES string of the molecule is CCC1CCC(C(=O)O)C(N(C)CCC(F)(F)F)C1. The van der Waals surface area contributed by atoms with Gasteiger partial charge in [-0.3, -0.25) is 4.79 Å². The van der Waals surface area contributed by atoms with E-state index >= 15 is 0 Å². The van der Waals surface area contributed by atoms with Gasteiger partial charge in [0.1, 0.15) is 0 Å². The van der Waals surface area contributed by atoms with Crippen LogP contribution in [0.15, 0.2) is 0 Å². The van der Waals surface area contributed by atoms with Crippen molar-refractivity contribution in [3.63, 3.8) is 0 Å². The quantitative estimate of drug-likeness (QED) is 0.841. The molecule has 19 heavy (non-hydrogen) atoms. The summed E-state index contributed by atoms with van der Waals surface area (Å²) >= 11 is 0. The molecule has 1 fully saturated rings. The molecule has 0 radical (unpaired) electrons. The van der Waals surface area contributed by atoms with E-state index in [1.54, 1.807) is 11.9 Å². The van der Waals surface area contributed by atoms with Crippen molar-refractivity contribution in [1.82, 2.24) is 4.90 Å². The lowest BCUT2D eigenvalue weighted by atomic mass is 9.76. The van der Waals surface area contributed by atoms with Crippen LogP contribution in [0.2, 0.25) is 0 Å². The molecule has 0 saturated heterocycles. The summed E-state index contributed by atoms with van der Waals surface area (Å²) in [6.07, 6.45) is -2.02. The first kappa shape index (κ1) is 16.3. The van der Waals surface area contributed by atoms with Crippen LogP contribution in [0.4, 0.5) is 13.2 Å². The fraction of sp³-hybridized carbons (Fsp3) is 0.923. The standard InChI is InChI=1S/C13H22F3NO2/c1-3-9-4-5-10(12(18)19)11(8-9)17(2)7-6-13(14,15)16/h9-11H,3-8H2,1-2H3,(H,18,19). The normalized spacial score (nSPS) is 28.6. The third-order valence-corrected chi connectivity index (χ3v) is 4.13. The van der Waals surface area contributed by atoms with Gasteiger partial charge in [-0.2, -0.15) is 13.2 Å². The number of nitrogens with zero attached hydrogens (tertiary/aromatic N) is 1. The molecule has 1 saturated carbocycles. The Morgan fingerprint density at radius 1 is 1.37 bits per heavy atom. The van der Waals surface area contributed by atoms with Gasteiger partial charge >= 0.3 is 12.1 Å². The summed E-state index contributed by atoms with van der Waals surface area (Å²) in [5, 5.41) is 9.20. The Labute approximate surface area is 111 Å². The van der Waals surface area contributed by atoms with Crippen molar-refractivity contribution in [2.24, 2.45) is 11.8 Å².